The number of fused-ring (bicyclic) bond motifs is 4. The minimum atomic E-state index is -0.837. The minimum Gasteiger partial charge on any atom is -0.464 e. The third kappa shape index (κ3) is 2.94. The number of ether oxygens (including phenoxy) is 1. The lowest BCUT2D eigenvalue weighted by Gasteiger charge is -2.39. The molecule has 0 unspecified atom stereocenters. The molecule has 8 heteroatoms. The first-order valence-electron chi connectivity index (χ1n) is 11.7. The molecule has 2 aromatic carbocycles. The molecule has 5 aromatic rings. The molecule has 1 aliphatic heterocycles. The second-order valence-electron chi connectivity index (χ2n) is 9.88. The Balaban J connectivity index is 1.82. The van der Waals surface area contributed by atoms with Crippen LogP contribution in [0.3, 0.4) is 0 Å². The van der Waals surface area contributed by atoms with Crippen molar-refractivity contribution < 1.29 is 9.15 Å². The molecule has 3 aromatic heterocycles. The molecule has 4 heterocycles. The highest BCUT2D eigenvalue weighted by molar-refractivity contribution is 5.97. The highest BCUT2D eigenvalue weighted by Crippen LogP contribution is 2.45. The van der Waals surface area contributed by atoms with Gasteiger partial charge in [0.2, 0.25) is 0 Å². The highest BCUT2D eigenvalue weighted by atomic mass is 16.5. The van der Waals surface area contributed by atoms with Gasteiger partial charge in [-0.3, -0.25) is 18.7 Å². The Morgan fingerprint density at radius 2 is 1.61 bits per heavy atom. The summed E-state index contributed by atoms with van der Waals surface area (Å²) in [6.45, 7) is 4.32. The van der Waals surface area contributed by atoms with E-state index in [9.17, 15) is 14.4 Å². The molecule has 0 amide bonds. The Morgan fingerprint density at radius 1 is 0.917 bits per heavy atom. The van der Waals surface area contributed by atoms with E-state index in [-0.39, 0.29) is 12.0 Å². The summed E-state index contributed by atoms with van der Waals surface area (Å²) in [7, 11) is 3.12. The predicted octanol–water partition coefficient (Wildman–Crippen LogP) is 3.67. The van der Waals surface area contributed by atoms with Crippen molar-refractivity contribution in [2.24, 2.45) is 14.1 Å². The summed E-state index contributed by atoms with van der Waals surface area (Å²) in [5.74, 6) is 0. The lowest BCUT2D eigenvalue weighted by atomic mass is 9.98. The summed E-state index contributed by atoms with van der Waals surface area (Å²) in [5.41, 5.74) is 1.73. The van der Waals surface area contributed by atoms with Crippen molar-refractivity contribution in [3.63, 3.8) is 0 Å². The van der Waals surface area contributed by atoms with E-state index in [0.717, 1.165) is 10.1 Å². The average molecular weight is 484 g/mol. The second kappa shape index (κ2) is 7.66. The van der Waals surface area contributed by atoms with Crippen LogP contribution in [0.15, 0.2) is 79.7 Å². The number of benzene rings is 2. The largest absolute Gasteiger partial charge is 0.464 e. The van der Waals surface area contributed by atoms with Gasteiger partial charge in [0.1, 0.15) is 18.0 Å². The molecule has 0 aliphatic carbocycles. The van der Waals surface area contributed by atoms with Gasteiger partial charge >= 0.3 is 5.69 Å². The molecule has 1 aliphatic rings. The van der Waals surface area contributed by atoms with Crippen LogP contribution in [0.1, 0.15) is 31.2 Å². The number of aryl methyl sites for hydroxylation is 1. The van der Waals surface area contributed by atoms with Crippen molar-refractivity contribution in [1.29, 1.82) is 0 Å². The quantitative estimate of drug-likeness (QED) is 0.382. The van der Waals surface area contributed by atoms with Crippen molar-refractivity contribution in [3.05, 3.63) is 103 Å². The van der Waals surface area contributed by atoms with Crippen LogP contribution >= 0.6 is 0 Å². The minimum absolute atomic E-state index is 0.211. The lowest BCUT2D eigenvalue weighted by Crippen LogP contribution is -2.41. The molecule has 0 saturated carbocycles. The van der Waals surface area contributed by atoms with E-state index in [2.05, 4.69) is 4.57 Å². The number of nitrogens with zero attached hydrogens (tertiary/aromatic N) is 3. The van der Waals surface area contributed by atoms with E-state index < -0.39 is 22.9 Å². The molecule has 182 valence electrons. The molecule has 0 spiro atoms. The predicted molar refractivity (Wildman–Crippen MR) is 137 cm³/mol. The van der Waals surface area contributed by atoms with E-state index in [4.69, 9.17) is 9.15 Å². The lowest BCUT2D eigenvalue weighted by molar-refractivity contribution is -0.00811. The van der Waals surface area contributed by atoms with Gasteiger partial charge in [0.25, 0.3) is 5.56 Å². The van der Waals surface area contributed by atoms with Crippen molar-refractivity contribution >= 4 is 21.9 Å². The maximum Gasteiger partial charge on any atom is 0.331 e. The van der Waals surface area contributed by atoms with Crippen LogP contribution in [0.5, 0.6) is 0 Å². The first-order chi connectivity index (χ1) is 17.2. The number of para-hydroxylation sites is 1. The van der Waals surface area contributed by atoms with E-state index in [1.165, 1.54) is 17.9 Å². The maximum atomic E-state index is 13.6. The Morgan fingerprint density at radius 3 is 2.36 bits per heavy atom. The topological polar surface area (TPSA) is 88.4 Å². The van der Waals surface area contributed by atoms with Gasteiger partial charge in [-0.15, -0.1) is 0 Å². The number of rotatable bonds is 2. The van der Waals surface area contributed by atoms with Gasteiger partial charge in [0, 0.05) is 14.1 Å². The summed E-state index contributed by atoms with van der Waals surface area (Å²) < 4.78 is 16.8. The molecule has 0 N–H and O–H groups in total. The average Bonchev–Trinajstić information content (AvgIpc) is 3.25. The van der Waals surface area contributed by atoms with Crippen molar-refractivity contribution in [2.75, 3.05) is 6.61 Å². The van der Waals surface area contributed by atoms with Gasteiger partial charge in [0.15, 0.2) is 5.43 Å². The van der Waals surface area contributed by atoms with E-state index >= 15 is 0 Å². The van der Waals surface area contributed by atoms with Crippen molar-refractivity contribution in [3.8, 4) is 11.3 Å². The molecule has 0 radical (unpaired) electrons. The zero-order valence-corrected chi connectivity index (χ0v) is 20.4. The Hall–Kier alpha value is -4.17. The van der Waals surface area contributed by atoms with E-state index in [0.29, 0.717) is 38.8 Å². The number of hydrogen-bond acceptors (Lipinski definition) is 5. The normalized spacial score (nSPS) is 16.9. The molecule has 36 heavy (non-hydrogen) atoms. The van der Waals surface area contributed by atoms with Crippen LogP contribution in [0.2, 0.25) is 0 Å². The van der Waals surface area contributed by atoms with Gasteiger partial charge in [-0.1, -0.05) is 42.5 Å². The molecule has 0 saturated heterocycles. The van der Waals surface area contributed by atoms with Gasteiger partial charge in [-0.25, -0.2) is 4.79 Å². The van der Waals surface area contributed by atoms with Crippen LogP contribution in [0.25, 0.3) is 33.1 Å². The summed E-state index contributed by atoms with van der Waals surface area (Å²) in [4.78, 5) is 40.3. The maximum absolute atomic E-state index is 13.6. The molecule has 1 atom stereocenters. The molecule has 6 rings (SSSR count). The van der Waals surface area contributed by atoms with Crippen molar-refractivity contribution in [1.82, 2.24) is 13.7 Å². The van der Waals surface area contributed by atoms with E-state index in [1.807, 2.05) is 44.2 Å². The van der Waals surface area contributed by atoms with Crippen molar-refractivity contribution in [2.45, 2.75) is 25.5 Å². The van der Waals surface area contributed by atoms with Crippen LogP contribution in [0.4, 0.5) is 0 Å². The summed E-state index contributed by atoms with van der Waals surface area (Å²) in [5, 5.41) is 0.855. The highest BCUT2D eigenvalue weighted by Gasteiger charge is 2.41. The molecule has 0 bridgehead atoms. The van der Waals surface area contributed by atoms with Gasteiger partial charge in [-0.2, -0.15) is 0 Å². The fraction of sp³-hybridized carbons (Fsp3) is 0.250. The Labute approximate surface area is 205 Å². The third-order valence-corrected chi connectivity index (χ3v) is 7.10. The molecular weight excluding hydrogens is 458 g/mol. The van der Waals surface area contributed by atoms with Crippen LogP contribution in [-0.2, 0) is 24.4 Å². The van der Waals surface area contributed by atoms with Crippen LogP contribution in [0, 0.1) is 0 Å². The van der Waals surface area contributed by atoms with Crippen LogP contribution < -0.4 is 16.7 Å². The molecule has 8 nitrogen and oxygen atoms in total. The Bertz CT molecular complexity index is 1850. The number of hydrogen-bond donors (Lipinski definition) is 0. The zero-order valence-electron chi connectivity index (χ0n) is 20.4. The van der Waals surface area contributed by atoms with E-state index in [1.54, 1.807) is 31.3 Å². The van der Waals surface area contributed by atoms with Crippen LogP contribution in [-0.4, -0.2) is 20.3 Å². The third-order valence-electron chi connectivity index (χ3n) is 7.10. The smallest absolute Gasteiger partial charge is 0.331 e. The fourth-order valence-corrected chi connectivity index (χ4v) is 5.38. The molecular formula is C28H25N3O5. The molecule has 0 fully saturated rings. The zero-order chi connectivity index (χ0) is 25.4. The Kier molecular flexibility index (Phi) is 4.75. The second-order valence-corrected chi connectivity index (χ2v) is 9.88. The standard InChI is InChI=1S/C28H25N3O5/c1-28(2)15-36-25(18-14-35-19-13-9-8-12-17(19)24(18)32)23-22-20(26(33)30(4)27(34)29(22)3)21(31(23)28)16-10-6-5-7-11-16/h5-14,25H,15H2,1-4H3/t25-/m1/s1. The monoisotopic (exact) mass is 483 g/mol. The number of aromatic nitrogens is 3. The fourth-order valence-electron chi connectivity index (χ4n) is 5.38. The first kappa shape index (κ1) is 22.3. The summed E-state index contributed by atoms with van der Waals surface area (Å²) in [6, 6.07) is 16.7. The van der Waals surface area contributed by atoms with Gasteiger partial charge in [0.05, 0.1) is 45.4 Å². The van der Waals surface area contributed by atoms with Gasteiger partial charge in [-0.05, 0) is 31.5 Å². The summed E-state index contributed by atoms with van der Waals surface area (Å²) in [6.07, 6.45) is 0.592. The first-order valence-corrected chi connectivity index (χ1v) is 11.7. The van der Waals surface area contributed by atoms with Gasteiger partial charge < -0.3 is 13.7 Å². The summed E-state index contributed by atoms with van der Waals surface area (Å²) >= 11 is 0. The SMILES string of the molecule is Cn1c(=O)c2c(-c3ccccc3)n3c(c2n(C)c1=O)[C@@H](c1coc2ccccc2c1=O)OCC3(C)C.